The molecule has 1 aliphatic rings. The van der Waals surface area contributed by atoms with Gasteiger partial charge in [-0.05, 0) is 31.4 Å². The minimum absolute atomic E-state index is 0.000768. The van der Waals surface area contributed by atoms with Crippen LogP contribution in [0.4, 0.5) is 13.2 Å². The average Bonchev–Trinajstić information content (AvgIpc) is 2.46. The zero-order chi connectivity index (χ0) is 16.3. The maximum atomic E-state index is 13.0. The Morgan fingerprint density at radius 1 is 1.41 bits per heavy atom. The molecule has 1 aromatic carbocycles. The van der Waals surface area contributed by atoms with Crippen LogP contribution in [0.2, 0.25) is 0 Å². The fourth-order valence-corrected chi connectivity index (χ4v) is 2.86. The monoisotopic (exact) mass is 315 g/mol. The minimum Gasteiger partial charge on any atom is -0.393 e. The lowest BCUT2D eigenvalue weighted by Gasteiger charge is -2.34. The number of hydrogen-bond donors (Lipinski definition) is 1. The lowest BCUT2D eigenvalue weighted by Crippen LogP contribution is -2.43. The van der Waals surface area contributed by atoms with E-state index in [9.17, 15) is 23.1 Å². The first-order valence-electron chi connectivity index (χ1n) is 7.40. The fourth-order valence-electron chi connectivity index (χ4n) is 2.86. The van der Waals surface area contributed by atoms with Gasteiger partial charge in [0.15, 0.2) is 0 Å². The summed E-state index contributed by atoms with van der Waals surface area (Å²) in [6.45, 7) is 2.62. The van der Waals surface area contributed by atoms with Crippen LogP contribution in [0.15, 0.2) is 24.3 Å². The molecule has 1 saturated heterocycles. The summed E-state index contributed by atoms with van der Waals surface area (Å²) in [5, 5.41) is 9.63. The largest absolute Gasteiger partial charge is 0.416 e. The summed E-state index contributed by atoms with van der Waals surface area (Å²) in [4.78, 5) is 13.9. The first kappa shape index (κ1) is 16.8. The van der Waals surface area contributed by atoms with Gasteiger partial charge in [0, 0.05) is 19.0 Å². The molecule has 0 saturated carbocycles. The van der Waals surface area contributed by atoms with Crippen LogP contribution < -0.4 is 0 Å². The second-order valence-corrected chi connectivity index (χ2v) is 5.81. The number of rotatable bonds is 3. The Morgan fingerprint density at radius 3 is 2.73 bits per heavy atom. The topological polar surface area (TPSA) is 40.5 Å². The normalized spacial score (nSPS) is 20.8. The molecule has 6 heteroatoms. The molecular weight excluding hydrogens is 295 g/mol. The van der Waals surface area contributed by atoms with E-state index in [1.807, 2.05) is 0 Å². The van der Waals surface area contributed by atoms with Crippen LogP contribution in [-0.4, -0.2) is 35.1 Å². The van der Waals surface area contributed by atoms with Gasteiger partial charge in [-0.1, -0.05) is 18.2 Å². The summed E-state index contributed by atoms with van der Waals surface area (Å²) in [7, 11) is 0. The molecule has 0 aromatic heterocycles. The number of benzene rings is 1. The van der Waals surface area contributed by atoms with Crippen LogP contribution in [0.3, 0.4) is 0 Å². The van der Waals surface area contributed by atoms with Crippen molar-refractivity contribution in [3.63, 3.8) is 0 Å². The SMILES string of the molecule is CC(O)C1CCCN(C(=O)Cc2ccccc2C(F)(F)F)C1. The number of nitrogens with zero attached hydrogens (tertiary/aromatic N) is 1. The van der Waals surface area contributed by atoms with Gasteiger partial charge in [0.25, 0.3) is 0 Å². The molecule has 3 nitrogen and oxygen atoms in total. The predicted octanol–water partition coefficient (Wildman–Crippen LogP) is 2.87. The maximum absolute atomic E-state index is 13.0. The van der Waals surface area contributed by atoms with Gasteiger partial charge < -0.3 is 10.0 Å². The van der Waals surface area contributed by atoms with Crippen LogP contribution in [0.1, 0.15) is 30.9 Å². The number of alkyl halides is 3. The molecule has 0 spiro atoms. The summed E-state index contributed by atoms with van der Waals surface area (Å²) in [5.74, 6) is -0.322. The second-order valence-electron chi connectivity index (χ2n) is 5.81. The maximum Gasteiger partial charge on any atom is 0.416 e. The van der Waals surface area contributed by atoms with E-state index in [0.29, 0.717) is 13.1 Å². The van der Waals surface area contributed by atoms with Gasteiger partial charge >= 0.3 is 6.18 Å². The van der Waals surface area contributed by atoms with Gasteiger partial charge in [0.2, 0.25) is 5.91 Å². The number of aliphatic hydroxyl groups excluding tert-OH is 1. The van der Waals surface area contributed by atoms with Crippen molar-refractivity contribution in [3.8, 4) is 0 Å². The Hall–Kier alpha value is -1.56. The molecule has 1 fully saturated rings. The second kappa shape index (κ2) is 6.69. The van der Waals surface area contributed by atoms with Gasteiger partial charge in [0.05, 0.1) is 18.1 Å². The molecule has 1 aromatic rings. The quantitative estimate of drug-likeness (QED) is 0.932. The summed E-state index contributed by atoms with van der Waals surface area (Å²) in [5.41, 5.74) is -0.758. The molecule has 0 radical (unpaired) electrons. The van der Waals surface area contributed by atoms with Crippen LogP contribution in [0.5, 0.6) is 0 Å². The van der Waals surface area contributed by atoms with Crippen molar-refractivity contribution in [1.82, 2.24) is 4.90 Å². The molecule has 1 heterocycles. The Balaban J connectivity index is 2.09. The van der Waals surface area contributed by atoms with Crippen LogP contribution >= 0.6 is 0 Å². The van der Waals surface area contributed by atoms with Crippen molar-refractivity contribution < 1.29 is 23.1 Å². The third-order valence-corrected chi connectivity index (χ3v) is 4.16. The highest BCUT2D eigenvalue weighted by atomic mass is 19.4. The van der Waals surface area contributed by atoms with Crippen molar-refractivity contribution in [2.75, 3.05) is 13.1 Å². The highest BCUT2D eigenvalue weighted by Gasteiger charge is 2.34. The molecule has 2 atom stereocenters. The molecule has 0 aliphatic carbocycles. The van der Waals surface area contributed by atoms with E-state index in [2.05, 4.69) is 0 Å². The van der Waals surface area contributed by atoms with Gasteiger partial charge in [-0.2, -0.15) is 13.2 Å². The molecule has 22 heavy (non-hydrogen) atoms. The van der Waals surface area contributed by atoms with E-state index in [4.69, 9.17) is 0 Å². The Kier molecular flexibility index (Phi) is 5.11. The molecule has 2 rings (SSSR count). The van der Waals surface area contributed by atoms with E-state index >= 15 is 0 Å². The number of carbonyl (C=O) groups excluding carboxylic acids is 1. The molecule has 2 unspecified atom stereocenters. The van der Waals surface area contributed by atoms with E-state index in [-0.39, 0.29) is 23.8 Å². The van der Waals surface area contributed by atoms with E-state index in [0.717, 1.165) is 18.9 Å². The molecule has 122 valence electrons. The van der Waals surface area contributed by atoms with Crippen LogP contribution in [0, 0.1) is 5.92 Å². The average molecular weight is 315 g/mol. The van der Waals surface area contributed by atoms with E-state index < -0.39 is 17.8 Å². The van der Waals surface area contributed by atoms with Gasteiger partial charge in [0.1, 0.15) is 0 Å². The lowest BCUT2D eigenvalue weighted by molar-refractivity contribution is -0.139. The van der Waals surface area contributed by atoms with Crippen molar-refractivity contribution >= 4 is 5.91 Å². The molecule has 1 N–H and O–H groups in total. The number of hydrogen-bond acceptors (Lipinski definition) is 2. The number of halogens is 3. The van der Waals surface area contributed by atoms with E-state index in [1.54, 1.807) is 11.8 Å². The number of aliphatic hydroxyl groups is 1. The van der Waals surface area contributed by atoms with Crippen molar-refractivity contribution in [2.24, 2.45) is 5.92 Å². The summed E-state index contributed by atoms with van der Waals surface area (Å²) in [6, 6.07) is 5.17. The molecule has 1 aliphatic heterocycles. The van der Waals surface area contributed by atoms with Crippen LogP contribution in [-0.2, 0) is 17.4 Å². The van der Waals surface area contributed by atoms with Gasteiger partial charge in [-0.3, -0.25) is 4.79 Å². The number of likely N-dealkylation sites (tertiary alicyclic amines) is 1. The van der Waals surface area contributed by atoms with Crippen molar-refractivity contribution in [2.45, 2.75) is 38.5 Å². The summed E-state index contributed by atoms with van der Waals surface area (Å²) < 4.78 is 38.9. The predicted molar refractivity (Wildman–Crippen MR) is 76.1 cm³/mol. The number of amides is 1. The van der Waals surface area contributed by atoms with Crippen molar-refractivity contribution in [1.29, 1.82) is 0 Å². The Morgan fingerprint density at radius 2 is 2.09 bits per heavy atom. The lowest BCUT2D eigenvalue weighted by atomic mass is 9.93. The Bertz CT molecular complexity index is 528. The summed E-state index contributed by atoms with van der Waals surface area (Å²) >= 11 is 0. The molecule has 0 bridgehead atoms. The standard InChI is InChI=1S/C16H20F3NO2/c1-11(21)13-6-4-8-20(10-13)15(22)9-12-5-2-3-7-14(12)16(17,18)19/h2-3,5,7,11,13,21H,4,6,8-10H2,1H3. The zero-order valence-corrected chi connectivity index (χ0v) is 12.4. The Labute approximate surface area is 127 Å². The summed E-state index contributed by atoms with van der Waals surface area (Å²) in [6.07, 6.45) is -3.63. The first-order chi connectivity index (χ1) is 10.3. The molecular formula is C16H20F3NO2. The van der Waals surface area contributed by atoms with Gasteiger partial charge in [-0.15, -0.1) is 0 Å². The fraction of sp³-hybridized carbons (Fsp3) is 0.562. The highest BCUT2D eigenvalue weighted by molar-refractivity contribution is 5.79. The van der Waals surface area contributed by atoms with Crippen LogP contribution in [0.25, 0.3) is 0 Å². The zero-order valence-electron chi connectivity index (χ0n) is 12.4. The third kappa shape index (κ3) is 4.00. The number of carbonyl (C=O) groups is 1. The van der Waals surface area contributed by atoms with Gasteiger partial charge in [-0.25, -0.2) is 0 Å². The van der Waals surface area contributed by atoms with Crippen molar-refractivity contribution in [3.05, 3.63) is 35.4 Å². The third-order valence-electron chi connectivity index (χ3n) is 4.16. The minimum atomic E-state index is -4.46. The highest BCUT2D eigenvalue weighted by Crippen LogP contribution is 2.32. The van der Waals surface area contributed by atoms with E-state index in [1.165, 1.54) is 18.2 Å². The smallest absolute Gasteiger partial charge is 0.393 e. The molecule has 1 amide bonds. The number of piperidine rings is 1. The first-order valence-corrected chi connectivity index (χ1v) is 7.40.